The van der Waals surface area contributed by atoms with Gasteiger partial charge in [-0.2, -0.15) is 0 Å². The molecule has 94 valence electrons. The molecule has 2 N–H and O–H groups in total. The largest absolute Gasteiger partial charge is 0.342 e. The lowest BCUT2D eigenvalue weighted by molar-refractivity contribution is -0.133. The summed E-state index contributed by atoms with van der Waals surface area (Å²) in [6, 6.07) is 0.388. The average molecular weight is 227 g/mol. The molecular weight excluding hydrogens is 202 g/mol. The van der Waals surface area contributed by atoms with Crippen LogP contribution in [0.2, 0.25) is 0 Å². The van der Waals surface area contributed by atoms with Crippen molar-refractivity contribution in [2.45, 2.75) is 38.6 Å². The van der Waals surface area contributed by atoms with Gasteiger partial charge in [0.1, 0.15) is 0 Å². The predicted molar refractivity (Wildman–Crippen MR) is 66.2 cm³/mol. The van der Waals surface area contributed by atoms with E-state index in [1.165, 1.54) is 6.42 Å². The first-order valence-electron chi connectivity index (χ1n) is 6.33. The van der Waals surface area contributed by atoms with Gasteiger partial charge in [-0.25, -0.2) is 0 Å². The Morgan fingerprint density at radius 1 is 1.38 bits per heavy atom. The second kappa shape index (κ2) is 6.86. The number of nitrogens with zero attached hydrogens (tertiary/aromatic N) is 2. The minimum absolute atomic E-state index is 0.270. The molecule has 1 unspecified atom stereocenters. The maximum Gasteiger partial charge on any atom is 0.236 e. The van der Waals surface area contributed by atoms with Crippen LogP contribution in [0.4, 0.5) is 0 Å². The van der Waals surface area contributed by atoms with Crippen LogP contribution in [-0.4, -0.2) is 55.0 Å². The third-order valence-corrected chi connectivity index (χ3v) is 3.43. The molecule has 1 atom stereocenters. The molecule has 1 heterocycles. The number of hydrogen-bond donors (Lipinski definition) is 1. The predicted octanol–water partition coefficient (Wildman–Crippen LogP) is 0.668. The van der Waals surface area contributed by atoms with Crippen LogP contribution < -0.4 is 5.73 Å². The Bertz CT molecular complexity index is 214. The molecule has 0 aromatic carbocycles. The zero-order chi connectivity index (χ0) is 12.0. The number of amides is 1. The van der Waals surface area contributed by atoms with E-state index in [4.69, 9.17) is 5.73 Å². The van der Waals surface area contributed by atoms with Crippen LogP contribution in [0.5, 0.6) is 0 Å². The summed E-state index contributed by atoms with van der Waals surface area (Å²) in [6.45, 7) is 5.22. The van der Waals surface area contributed by atoms with Gasteiger partial charge in [-0.1, -0.05) is 0 Å². The van der Waals surface area contributed by atoms with Crippen molar-refractivity contribution in [3.05, 3.63) is 0 Å². The van der Waals surface area contributed by atoms with Crippen molar-refractivity contribution in [1.82, 2.24) is 9.80 Å². The molecule has 0 spiro atoms. The van der Waals surface area contributed by atoms with Crippen LogP contribution in [0.15, 0.2) is 0 Å². The Hall–Kier alpha value is -0.610. The number of piperidine rings is 1. The first kappa shape index (κ1) is 13.5. The molecule has 1 aliphatic rings. The highest BCUT2D eigenvalue weighted by atomic mass is 16.2. The standard InChI is InChI=1S/C12H25N3O/c1-11(6-7-13)14(2)10-12(16)15-8-4-3-5-9-15/h11H,3-10,13H2,1-2H3. The van der Waals surface area contributed by atoms with Crippen molar-refractivity contribution >= 4 is 5.91 Å². The molecule has 1 fully saturated rings. The molecule has 0 aromatic rings. The summed E-state index contributed by atoms with van der Waals surface area (Å²) < 4.78 is 0. The first-order chi connectivity index (χ1) is 7.65. The Kier molecular flexibility index (Phi) is 5.77. The summed E-state index contributed by atoms with van der Waals surface area (Å²) in [6.07, 6.45) is 4.54. The van der Waals surface area contributed by atoms with Gasteiger partial charge in [-0.3, -0.25) is 9.69 Å². The molecule has 1 aliphatic heterocycles. The molecule has 16 heavy (non-hydrogen) atoms. The first-order valence-corrected chi connectivity index (χ1v) is 6.33. The fourth-order valence-corrected chi connectivity index (χ4v) is 2.07. The van der Waals surface area contributed by atoms with Crippen molar-refractivity contribution in [2.75, 3.05) is 33.2 Å². The molecule has 4 heteroatoms. The maximum absolute atomic E-state index is 12.0. The third-order valence-electron chi connectivity index (χ3n) is 3.43. The molecule has 1 saturated heterocycles. The second-order valence-electron chi connectivity index (χ2n) is 4.78. The van der Waals surface area contributed by atoms with Gasteiger partial charge >= 0.3 is 0 Å². The second-order valence-corrected chi connectivity index (χ2v) is 4.78. The van der Waals surface area contributed by atoms with Crippen LogP contribution in [0, 0.1) is 0 Å². The number of nitrogens with two attached hydrogens (primary N) is 1. The number of rotatable bonds is 5. The van der Waals surface area contributed by atoms with Crippen molar-refractivity contribution in [3.63, 3.8) is 0 Å². The molecule has 0 saturated carbocycles. The summed E-state index contributed by atoms with van der Waals surface area (Å²) in [5, 5.41) is 0. The van der Waals surface area contributed by atoms with E-state index in [0.717, 1.165) is 32.4 Å². The van der Waals surface area contributed by atoms with Gasteiger partial charge in [-0.05, 0) is 46.2 Å². The Labute approximate surface area is 98.8 Å². The monoisotopic (exact) mass is 227 g/mol. The van der Waals surface area contributed by atoms with Crippen molar-refractivity contribution in [2.24, 2.45) is 5.73 Å². The zero-order valence-corrected chi connectivity index (χ0v) is 10.6. The minimum atomic E-state index is 0.270. The summed E-state index contributed by atoms with van der Waals surface area (Å²) in [4.78, 5) is 16.1. The van der Waals surface area contributed by atoms with Gasteiger partial charge in [0.2, 0.25) is 5.91 Å². The fraction of sp³-hybridized carbons (Fsp3) is 0.917. The van der Waals surface area contributed by atoms with E-state index in [-0.39, 0.29) is 5.91 Å². The van der Waals surface area contributed by atoms with Gasteiger partial charge in [0.05, 0.1) is 6.54 Å². The van der Waals surface area contributed by atoms with E-state index in [2.05, 4.69) is 11.8 Å². The van der Waals surface area contributed by atoms with E-state index in [9.17, 15) is 4.79 Å². The maximum atomic E-state index is 12.0. The lowest BCUT2D eigenvalue weighted by Crippen LogP contribution is -2.44. The van der Waals surface area contributed by atoms with Crippen LogP contribution in [-0.2, 0) is 4.79 Å². The van der Waals surface area contributed by atoms with Crippen LogP contribution >= 0.6 is 0 Å². The molecule has 0 radical (unpaired) electrons. The van der Waals surface area contributed by atoms with E-state index in [1.54, 1.807) is 0 Å². The fourth-order valence-electron chi connectivity index (χ4n) is 2.07. The Balaban J connectivity index is 2.31. The number of carbonyl (C=O) groups excluding carboxylic acids is 1. The molecule has 0 aromatic heterocycles. The number of likely N-dealkylation sites (tertiary alicyclic amines) is 1. The third kappa shape index (κ3) is 4.10. The van der Waals surface area contributed by atoms with Crippen molar-refractivity contribution in [3.8, 4) is 0 Å². The van der Waals surface area contributed by atoms with Gasteiger partial charge in [-0.15, -0.1) is 0 Å². The summed E-state index contributed by atoms with van der Waals surface area (Å²) in [5.41, 5.74) is 5.52. The van der Waals surface area contributed by atoms with E-state index >= 15 is 0 Å². The highest BCUT2D eigenvalue weighted by molar-refractivity contribution is 5.78. The van der Waals surface area contributed by atoms with E-state index < -0.39 is 0 Å². The smallest absolute Gasteiger partial charge is 0.236 e. The summed E-state index contributed by atoms with van der Waals surface area (Å²) >= 11 is 0. The van der Waals surface area contributed by atoms with Crippen LogP contribution in [0.25, 0.3) is 0 Å². The minimum Gasteiger partial charge on any atom is -0.342 e. The molecule has 1 rings (SSSR count). The molecule has 0 bridgehead atoms. The molecule has 4 nitrogen and oxygen atoms in total. The number of likely N-dealkylation sites (N-methyl/N-ethyl adjacent to an activating group) is 1. The highest BCUT2D eigenvalue weighted by Gasteiger charge is 2.19. The van der Waals surface area contributed by atoms with E-state index in [0.29, 0.717) is 19.1 Å². The highest BCUT2D eigenvalue weighted by Crippen LogP contribution is 2.09. The number of carbonyl (C=O) groups is 1. The van der Waals surface area contributed by atoms with Gasteiger partial charge < -0.3 is 10.6 Å². The number of hydrogen-bond acceptors (Lipinski definition) is 3. The Morgan fingerprint density at radius 2 is 2.00 bits per heavy atom. The quantitative estimate of drug-likeness (QED) is 0.751. The van der Waals surface area contributed by atoms with Gasteiger partial charge in [0.25, 0.3) is 0 Å². The van der Waals surface area contributed by atoms with Gasteiger partial charge in [0, 0.05) is 19.1 Å². The average Bonchev–Trinajstić information content (AvgIpc) is 2.30. The topological polar surface area (TPSA) is 49.6 Å². The van der Waals surface area contributed by atoms with Gasteiger partial charge in [0.15, 0.2) is 0 Å². The lowest BCUT2D eigenvalue weighted by atomic mass is 10.1. The Morgan fingerprint density at radius 3 is 2.56 bits per heavy atom. The molecule has 1 amide bonds. The molecular formula is C12H25N3O. The SMILES string of the molecule is CC(CCN)N(C)CC(=O)N1CCCCC1. The summed E-state index contributed by atoms with van der Waals surface area (Å²) in [7, 11) is 2.00. The molecule has 0 aliphatic carbocycles. The van der Waals surface area contributed by atoms with Crippen LogP contribution in [0.3, 0.4) is 0 Å². The van der Waals surface area contributed by atoms with E-state index in [1.807, 2.05) is 11.9 Å². The zero-order valence-electron chi connectivity index (χ0n) is 10.6. The summed E-state index contributed by atoms with van der Waals surface area (Å²) in [5.74, 6) is 0.270. The van der Waals surface area contributed by atoms with Crippen LogP contribution in [0.1, 0.15) is 32.6 Å². The normalized spacial score (nSPS) is 18.9. The lowest BCUT2D eigenvalue weighted by Gasteiger charge is -2.30. The van der Waals surface area contributed by atoms with Crippen molar-refractivity contribution in [1.29, 1.82) is 0 Å². The van der Waals surface area contributed by atoms with Crippen molar-refractivity contribution < 1.29 is 4.79 Å².